The molecule has 69 heavy (non-hydrogen) atoms. The molecular formula is C64H64N4O. The third-order valence-corrected chi connectivity index (χ3v) is 13.6. The number of phenolic OH excluding ortho intramolecular Hbond substituents is 1. The second kappa shape index (κ2) is 17.9. The van der Waals surface area contributed by atoms with E-state index in [2.05, 4.69) is 232 Å². The number of anilines is 1. The first kappa shape index (κ1) is 46.6. The highest BCUT2D eigenvalue weighted by Gasteiger charge is 2.27. The molecule has 0 aliphatic heterocycles. The van der Waals surface area contributed by atoms with Crippen molar-refractivity contribution in [3.63, 3.8) is 0 Å². The summed E-state index contributed by atoms with van der Waals surface area (Å²) in [7, 11) is 2.09. The Balaban J connectivity index is 1.21. The second-order valence-corrected chi connectivity index (χ2v) is 21.5. The third-order valence-electron chi connectivity index (χ3n) is 13.6. The van der Waals surface area contributed by atoms with E-state index in [0.29, 0.717) is 11.4 Å². The van der Waals surface area contributed by atoms with Crippen LogP contribution in [0, 0.1) is 0 Å². The van der Waals surface area contributed by atoms with E-state index < -0.39 is 0 Å². The molecule has 5 nitrogen and oxygen atoms in total. The predicted molar refractivity (Wildman–Crippen MR) is 294 cm³/mol. The number of aromatic nitrogens is 3. The molecular weight excluding hydrogens is 841 g/mol. The minimum absolute atomic E-state index is 0.0219. The molecule has 9 aromatic rings. The number of aromatic hydroxyl groups is 1. The van der Waals surface area contributed by atoms with Crippen LogP contribution in [0.15, 0.2) is 182 Å². The average Bonchev–Trinajstić information content (AvgIpc) is 3.72. The molecule has 2 aromatic heterocycles. The third kappa shape index (κ3) is 9.02. The summed E-state index contributed by atoms with van der Waals surface area (Å²) in [5.41, 5.74) is 17.1. The molecule has 0 amide bonds. The number of nitrogens with zero attached hydrogens (tertiary/aromatic N) is 4. The molecule has 0 fully saturated rings. The van der Waals surface area contributed by atoms with Gasteiger partial charge < -0.3 is 10.0 Å². The molecule has 0 atom stereocenters. The fourth-order valence-corrected chi connectivity index (χ4v) is 9.56. The largest absolute Gasteiger partial charge is 0.507 e. The first-order valence-electron chi connectivity index (χ1n) is 24.0. The van der Waals surface area contributed by atoms with Gasteiger partial charge in [0.15, 0.2) is 0 Å². The van der Waals surface area contributed by atoms with Crippen LogP contribution < -0.4 is 4.90 Å². The molecule has 0 saturated carbocycles. The first-order valence-corrected chi connectivity index (χ1v) is 24.0. The van der Waals surface area contributed by atoms with Gasteiger partial charge in [0.25, 0.3) is 0 Å². The van der Waals surface area contributed by atoms with Crippen molar-refractivity contribution >= 4 is 33.1 Å². The van der Waals surface area contributed by atoms with Gasteiger partial charge in [-0.2, -0.15) is 0 Å². The van der Waals surface area contributed by atoms with Crippen molar-refractivity contribution < 1.29 is 5.11 Å². The van der Waals surface area contributed by atoms with Crippen molar-refractivity contribution in [2.75, 3.05) is 11.9 Å². The van der Waals surface area contributed by atoms with Gasteiger partial charge in [-0.05, 0) is 140 Å². The lowest BCUT2D eigenvalue weighted by atomic mass is 9.78. The van der Waals surface area contributed by atoms with Crippen molar-refractivity contribution in [2.45, 2.75) is 85.5 Å². The Kier molecular flexibility index (Phi) is 12.1. The molecule has 0 radical (unpaired) electrons. The van der Waals surface area contributed by atoms with E-state index in [9.17, 15) is 5.11 Å². The van der Waals surface area contributed by atoms with Crippen LogP contribution in [0.1, 0.15) is 91.5 Å². The fourth-order valence-electron chi connectivity index (χ4n) is 9.56. The number of benzene rings is 7. The van der Waals surface area contributed by atoms with Crippen LogP contribution in [0.4, 0.5) is 5.69 Å². The Labute approximate surface area is 409 Å². The standard InChI is InChI=1S/C64H64N4O/c1-13-51(41(2)67(12)49-23-16-14-17-24-49)44-33-34-65-56(37-44)45-22-20-21-42(35-45)54-39-48(63(6,7)8)40-57-60(54)66-61(68(57)50-25-18-15-19-26-50)53-30-27-46(38-58(53)69)59-52-31-29-47(62(3,4)5)36-43(52)28-32-55(59)64(9,10)11/h13-40,69H,1H2,2-12H3/b51-41-. The number of fused-ring (bicyclic) bond motifs is 2. The Morgan fingerprint density at radius 2 is 1.32 bits per heavy atom. The minimum Gasteiger partial charge on any atom is -0.507 e. The number of imidazole rings is 1. The van der Waals surface area contributed by atoms with Crippen molar-refractivity contribution in [3.8, 4) is 56.3 Å². The first-order chi connectivity index (χ1) is 32.8. The van der Waals surface area contributed by atoms with Gasteiger partial charge in [-0.1, -0.05) is 166 Å². The highest BCUT2D eigenvalue weighted by Crippen LogP contribution is 2.45. The molecule has 0 unspecified atom stereocenters. The number of hydrogen-bond donors (Lipinski definition) is 1. The van der Waals surface area contributed by atoms with Gasteiger partial charge in [-0.25, -0.2) is 4.98 Å². The van der Waals surface area contributed by atoms with Crippen LogP contribution in [0.3, 0.4) is 0 Å². The number of para-hydroxylation sites is 2. The monoisotopic (exact) mass is 905 g/mol. The zero-order valence-electron chi connectivity index (χ0n) is 42.1. The van der Waals surface area contributed by atoms with Gasteiger partial charge >= 0.3 is 0 Å². The lowest BCUT2D eigenvalue weighted by molar-refractivity contribution is 0.477. The van der Waals surface area contributed by atoms with Gasteiger partial charge in [-0.3, -0.25) is 9.55 Å². The van der Waals surface area contributed by atoms with Crippen LogP contribution in [-0.2, 0) is 16.2 Å². The molecule has 9 rings (SSSR count). The molecule has 2 heterocycles. The zero-order chi connectivity index (χ0) is 49.0. The van der Waals surface area contributed by atoms with Crippen LogP contribution in [0.5, 0.6) is 5.75 Å². The summed E-state index contributed by atoms with van der Waals surface area (Å²) in [5.74, 6) is 0.841. The van der Waals surface area contributed by atoms with Crippen LogP contribution in [0.25, 0.3) is 78.0 Å². The van der Waals surface area contributed by atoms with E-state index in [-0.39, 0.29) is 22.0 Å². The highest BCUT2D eigenvalue weighted by molar-refractivity contribution is 6.01. The molecule has 1 N–H and O–H groups in total. The minimum atomic E-state index is -0.179. The van der Waals surface area contributed by atoms with Crippen molar-refractivity contribution in [1.29, 1.82) is 0 Å². The van der Waals surface area contributed by atoms with E-state index in [0.717, 1.165) is 72.8 Å². The lowest BCUT2D eigenvalue weighted by Crippen LogP contribution is -2.15. The van der Waals surface area contributed by atoms with Gasteiger partial charge in [0.05, 0.1) is 22.3 Å². The highest BCUT2D eigenvalue weighted by atomic mass is 16.3. The normalized spacial score (nSPS) is 12.6. The maximum atomic E-state index is 12.4. The molecule has 0 spiro atoms. The maximum absolute atomic E-state index is 12.4. The quantitative estimate of drug-likeness (QED) is 0.147. The molecule has 7 aromatic carbocycles. The summed E-state index contributed by atoms with van der Waals surface area (Å²) in [6.07, 6.45) is 3.81. The van der Waals surface area contributed by atoms with Crippen LogP contribution >= 0.6 is 0 Å². The molecule has 0 aliphatic carbocycles. The van der Waals surface area contributed by atoms with Gasteiger partial charge in [-0.15, -0.1) is 0 Å². The van der Waals surface area contributed by atoms with Gasteiger partial charge in [0.2, 0.25) is 0 Å². The van der Waals surface area contributed by atoms with E-state index >= 15 is 0 Å². The summed E-state index contributed by atoms with van der Waals surface area (Å²) in [4.78, 5) is 12.6. The average molecular weight is 905 g/mol. The zero-order valence-corrected chi connectivity index (χ0v) is 42.1. The number of hydrogen-bond acceptors (Lipinski definition) is 4. The summed E-state index contributed by atoms with van der Waals surface area (Å²) >= 11 is 0. The topological polar surface area (TPSA) is 54.2 Å². The Morgan fingerprint density at radius 1 is 0.623 bits per heavy atom. The molecule has 5 heteroatoms. The summed E-state index contributed by atoms with van der Waals surface area (Å²) in [5, 5.41) is 14.7. The SMILES string of the molecule is C=C/C(=C(\C)N(C)c1ccccc1)c1ccnc(-c2cccc(-c3cc(C(C)(C)C)cc4c3nc(-c3ccc(-c5c(C(C)(C)C)ccc6cc(C(C)(C)C)ccc56)cc3O)n4-c3ccccc3)c2)c1. The Morgan fingerprint density at radius 3 is 1.99 bits per heavy atom. The van der Waals surface area contributed by atoms with E-state index in [1.165, 1.54) is 27.5 Å². The maximum Gasteiger partial charge on any atom is 0.149 e. The van der Waals surface area contributed by atoms with E-state index in [1.54, 1.807) is 0 Å². The van der Waals surface area contributed by atoms with Gasteiger partial charge in [0.1, 0.15) is 11.6 Å². The second-order valence-electron chi connectivity index (χ2n) is 21.5. The number of phenols is 1. The van der Waals surface area contributed by atoms with Crippen molar-refractivity contribution in [1.82, 2.24) is 14.5 Å². The number of allylic oxidation sites excluding steroid dienone is 3. The predicted octanol–water partition coefficient (Wildman–Crippen LogP) is 16.9. The van der Waals surface area contributed by atoms with Crippen molar-refractivity contribution in [2.24, 2.45) is 0 Å². The molecule has 0 saturated heterocycles. The van der Waals surface area contributed by atoms with E-state index in [1.807, 2.05) is 30.5 Å². The summed E-state index contributed by atoms with van der Waals surface area (Å²) in [6.45, 7) is 26.7. The lowest BCUT2D eigenvalue weighted by Gasteiger charge is -2.26. The summed E-state index contributed by atoms with van der Waals surface area (Å²) in [6, 6.07) is 55.6. The smallest absolute Gasteiger partial charge is 0.149 e. The van der Waals surface area contributed by atoms with Crippen LogP contribution in [-0.4, -0.2) is 26.7 Å². The van der Waals surface area contributed by atoms with Crippen LogP contribution in [0.2, 0.25) is 0 Å². The molecule has 346 valence electrons. The Bertz CT molecular complexity index is 3430. The molecule has 0 bridgehead atoms. The van der Waals surface area contributed by atoms with Gasteiger partial charge in [0, 0.05) is 47.0 Å². The summed E-state index contributed by atoms with van der Waals surface area (Å²) < 4.78 is 2.21. The molecule has 0 aliphatic rings. The number of pyridine rings is 1. The fraction of sp³-hybridized carbons (Fsp3) is 0.219. The number of rotatable bonds is 9. The van der Waals surface area contributed by atoms with E-state index in [4.69, 9.17) is 9.97 Å². The Hall–Kier alpha value is -7.50. The van der Waals surface area contributed by atoms with Crippen molar-refractivity contribution in [3.05, 3.63) is 205 Å².